The Morgan fingerprint density at radius 1 is 1.14 bits per heavy atom. The van der Waals surface area contributed by atoms with Crippen molar-refractivity contribution in [3.05, 3.63) is 35.9 Å². The van der Waals surface area contributed by atoms with Crippen molar-refractivity contribution < 1.29 is 14.3 Å². The topological polar surface area (TPSA) is 38.8 Å². The molecule has 3 aliphatic heterocycles. The molecule has 2 unspecified atom stereocenters. The van der Waals surface area contributed by atoms with E-state index in [4.69, 9.17) is 9.47 Å². The van der Waals surface area contributed by atoms with Crippen LogP contribution in [0.3, 0.4) is 0 Å². The maximum absolute atomic E-state index is 13.0. The summed E-state index contributed by atoms with van der Waals surface area (Å²) in [5.41, 5.74) is 1.91. The quantitative estimate of drug-likeness (QED) is 0.745. The second kappa shape index (κ2) is 4.79. The summed E-state index contributed by atoms with van der Waals surface area (Å²) in [5, 5.41) is 0. The zero-order valence-electron chi connectivity index (χ0n) is 12.0. The maximum atomic E-state index is 13.0. The molecule has 21 heavy (non-hydrogen) atoms. The third kappa shape index (κ3) is 2.01. The van der Waals surface area contributed by atoms with Gasteiger partial charge in [0.05, 0.1) is 5.56 Å². The van der Waals surface area contributed by atoms with Crippen molar-refractivity contribution in [2.24, 2.45) is 0 Å². The van der Waals surface area contributed by atoms with Gasteiger partial charge in [-0.2, -0.15) is 0 Å². The Balaban J connectivity index is 1.68. The minimum atomic E-state index is 0.0809. The molecule has 1 aromatic carbocycles. The summed E-state index contributed by atoms with van der Waals surface area (Å²) in [6, 6.07) is 6.19. The summed E-state index contributed by atoms with van der Waals surface area (Å²) in [7, 11) is 0. The van der Waals surface area contributed by atoms with Gasteiger partial charge in [-0.05, 0) is 37.8 Å². The summed E-state index contributed by atoms with van der Waals surface area (Å²) in [6.45, 7) is 5.15. The van der Waals surface area contributed by atoms with Gasteiger partial charge in [0.1, 0.15) is 13.2 Å². The van der Waals surface area contributed by atoms with Crippen LogP contribution in [0.4, 0.5) is 0 Å². The third-order valence-electron chi connectivity index (χ3n) is 4.70. The van der Waals surface area contributed by atoms with Gasteiger partial charge in [0.25, 0.3) is 5.91 Å². The van der Waals surface area contributed by atoms with E-state index in [0.29, 0.717) is 42.4 Å². The van der Waals surface area contributed by atoms with E-state index in [0.717, 1.165) is 25.7 Å². The number of para-hydroxylation sites is 1. The molecule has 4 rings (SSSR count). The van der Waals surface area contributed by atoms with Crippen molar-refractivity contribution in [1.29, 1.82) is 0 Å². The molecule has 2 atom stereocenters. The van der Waals surface area contributed by atoms with E-state index in [9.17, 15) is 4.79 Å². The Morgan fingerprint density at radius 3 is 2.62 bits per heavy atom. The molecule has 0 N–H and O–H groups in total. The lowest BCUT2D eigenvalue weighted by atomic mass is 9.97. The molecule has 2 fully saturated rings. The van der Waals surface area contributed by atoms with Crippen LogP contribution in [-0.4, -0.2) is 36.1 Å². The van der Waals surface area contributed by atoms with Crippen LogP contribution in [0.15, 0.2) is 30.4 Å². The molecule has 3 heterocycles. The van der Waals surface area contributed by atoms with Crippen LogP contribution in [0.5, 0.6) is 11.5 Å². The number of benzene rings is 1. The van der Waals surface area contributed by atoms with Crippen LogP contribution in [0.1, 0.15) is 36.0 Å². The van der Waals surface area contributed by atoms with Gasteiger partial charge >= 0.3 is 0 Å². The van der Waals surface area contributed by atoms with Gasteiger partial charge in [-0.3, -0.25) is 4.79 Å². The maximum Gasteiger partial charge on any atom is 0.258 e. The van der Waals surface area contributed by atoms with Gasteiger partial charge < -0.3 is 14.4 Å². The Bertz CT molecular complexity index is 594. The molecular formula is C17H19NO3. The first-order valence-corrected chi connectivity index (χ1v) is 7.62. The molecule has 4 nitrogen and oxygen atoms in total. The van der Waals surface area contributed by atoms with E-state index in [-0.39, 0.29) is 5.91 Å². The van der Waals surface area contributed by atoms with E-state index in [2.05, 4.69) is 11.5 Å². The largest absolute Gasteiger partial charge is 0.486 e. The molecule has 2 saturated heterocycles. The van der Waals surface area contributed by atoms with Gasteiger partial charge in [0.2, 0.25) is 0 Å². The molecule has 0 saturated carbocycles. The van der Waals surface area contributed by atoms with E-state index in [1.165, 1.54) is 5.57 Å². The number of ether oxygens (including phenoxy) is 2. The standard InChI is InChI=1S/C17H19NO3/c1-11-9-12-5-6-13(10-11)18(12)17(19)14-3-2-4-15-16(14)21-8-7-20-15/h2-4,12-13H,1,5-10H2. The van der Waals surface area contributed by atoms with Crippen LogP contribution in [0.25, 0.3) is 0 Å². The average Bonchev–Trinajstić information content (AvgIpc) is 2.78. The van der Waals surface area contributed by atoms with Crippen LogP contribution >= 0.6 is 0 Å². The number of carbonyl (C=O) groups excluding carboxylic acids is 1. The fourth-order valence-corrected chi connectivity index (χ4v) is 3.82. The molecule has 0 spiro atoms. The number of carbonyl (C=O) groups is 1. The van der Waals surface area contributed by atoms with Crippen LogP contribution in [0, 0.1) is 0 Å². The molecule has 3 aliphatic rings. The number of piperidine rings is 1. The van der Waals surface area contributed by atoms with E-state index < -0.39 is 0 Å². The molecule has 1 aromatic rings. The highest BCUT2D eigenvalue weighted by Gasteiger charge is 2.42. The van der Waals surface area contributed by atoms with Crippen molar-refractivity contribution in [3.8, 4) is 11.5 Å². The van der Waals surface area contributed by atoms with Gasteiger partial charge in [0.15, 0.2) is 11.5 Å². The zero-order valence-corrected chi connectivity index (χ0v) is 12.0. The lowest BCUT2D eigenvalue weighted by Gasteiger charge is -2.36. The van der Waals surface area contributed by atoms with Crippen LogP contribution in [-0.2, 0) is 0 Å². The molecule has 0 aromatic heterocycles. The van der Waals surface area contributed by atoms with Gasteiger partial charge in [-0.15, -0.1) is 0 Å². The first-order valence-electron chi connectivity index (χ1n) is 7.62. The predicted octanol–water partition coefficient (Wildman–Crippen LogP) is 2.78. The molecule has 0 aliphatic carbocycles. The average molecular weight is 285 g/mol. The number of hydrogen-bond donors (Lipinski definition) is 0. The van der Waals surface area contributed by atoms with Crippen molar-refractivity contribution >= 4 is 5.91 Å². The SMILES string of the molecule is C=C1CC2CCC(C1)N2C(=O)c1cccc2c1OCCO2. The highest BCUT2D eigenvalue weighted by molar-refractivity contribution is 5.98. The van der Waals surface area contributed by atoms with Gasteiger partial charge in [0, 0.05) is 12.1 Å². The molecule has 0 radical (unpaired) electrons. The minimum absolute atomic E-state index is 0.0809. The Hall–Kier alpha value is -1.97. The number of amides is 1. The molecular weight excluding hydrogens is 266 g/mol. The van der Waals surface area contributed by atoms with E-state index in [1.54, 1.807) is 0 Å². The second-order valence-corrected chi connectivity index (χ2v) is 6.09. The Labute approximate surface area is 124 Å². The highest BCUT2D eigenvalue weighted by Crippen LogP contribution is 2.41. The summed E-state index contributed by atoms with van der Waals surface area (Å²) in [5.74, 6) is 1.37. The minimum Gasteiger partial charge on any atom is -0.486 e. The normalized spacial score (nSPS) is 26.9. The van der Waals surface area contributed by atoms with Crippen molar-refractivity contribution in [2.75, 3.05) is 13.2 Å². The molecule has 1 amide bonds. The monoisotopic (exact) mass is 285 g/mol. The van der Waals surface area contributed by atoms with Crippen molar-refractivity contribution in [1.82, 2.24) is 4.90 Å². The summed E-state index contributed by atoms with van der Waals surface area (Å²) >= 11 is 0. The smallest absolute Gasteiger partial charge is 0.258 e. The number of hydrogen-bond acceptors (Lipinski definition) is 3. The molecule has 4 heteroatoms. The third-order valence-corrected chi connectivity index (χ3v) is 4.70. The lowest BCUT2D eigenvalue weighted by molar-refractivity contribution is 0.0625. The lowest BCUT2D eigenvalue weighted by Crippen LogP contribution is -2.44. The Kier molecular flexibility index (Phi) is 2.91. The predicted molar refractivity (Wildman–Crippen MR) is 78.8 cm³/mol. The van der Waals surface area contributed by atoms with E-state index >= 15 is 0 Å². The van der Waals surface area contributed by atoms with Gasteiger partial charge in [-0.25, -0.2) is 0 Å². The summed E-state index contributed by atoms with van der Waals surface area (Å²) in [4.78, 5) is 15.1. The molecule has 110 valence electrons. The van der Waals surface area contributed by atoms with Gasteiger partial charge in [-0.1, -0.05) is 18.2 Å². The summed E-state index contributed by atoms with van der Waals surface area (Å²) < 4.78 is 11.3. The summed E-state index contributed by atoms with van der Waals surface area (Å²) in [6.07, 6.45) is 4.05. The fourth-order valence-electron chi connectivity index (χ4n) is 3.82. The van der Waals surface area contributed by atoms with Crippen LogP contribution in [0.2, 0.25) is 0 Å². The number of fused-ring (bicyclic) bond motifs is 3. The first-order chi connectivity index (χ1) is 10.2. The second-order valence-electron chi connectivity index (χ2n) is 6.09. The van der Waals surface area contributed by atoms with Crippen molar-refractivity contribution in [2.45, 2.75) is 37.8 Å². The number of nitrogens with zero attached hydrogens (tertiary/aromatic N) is 1. The van der Waals surface area contributed by atoms with Crippen molar-refractivity contribution in [3.63, 3.8) is 0 Å². The highest BCUT2D eigenvalue weighted by atomic mass is 16.6. The van der Waals surface area contributed by atoms with Crippen LogP contribution < -0.4 is 9.47 Å². The molecule has 2 bridgehead atoms. The fraction of sp³-hybridized carbons (Fsp3) is 0.471. The first kappa shape index (κ1) is 12.7. The zero-order chi connectivity index (χ0) is 14.4. The van der Waals surface area contributed by atoms with E-state index in [1.807, 2.05) is 18.2 Å². The number of rotatable bonds is 1. The Morgan fingerprint density at radius 2 is 1.86 bits per heavy atom.